The van der Waals surface area contributed by atoms with Gasteiger partial charge in [-0.05, 0) is 36.5 Å². The molecule has 1 heterocycles. The number of nitrogens with zero attached hydrogens (tertiary/aromatic N) is 1. The summed E-state index contributed by atoms with van der Waals surface area (Å²) in [6.07, 6.45) is 0. The predicted octanol–water partition coefficient (Wildman–Crippen LogP) is 1.82. The number of likely N-dealkylation sites (N-methyl/N-ethyl adjacent to an activating group) is 1. The molecule has 1 rings (SSSR count). The highest BCUT2D eigenvalue weighted by Crippen LogP contribution is 2.04. The second-order valence-electron chi connectivity index (χ2n) is 3.11. The summed E-state index contributed by atoms with van der Waals surface area (Å²) in [6, 6.07) is 2.16. The van der Waals surface area contributed by atoms with Gasteiger partial charge in [-0.3, -0.25) is 0 Å². The second-order valence-corrected chi connectivity index (χ2v) is 3.89. The maximum Gasteiger partial charge on any atom is 0.0214 e. The van der Waals surface area contributed by atoms with Crippen molar-refractivity contribution in [1.29, 1.82) is 0 Å². The van der Waals surface area contributed by atoms with E-state index in [0.717, 1.165) is 19.6 Å². The van der Waals surface area contributed by atoms with Crippen molar-refractivity contribution in [3.8, 4) is 0 Å². The lowest BCUT2D eigenvalue weighted by Gasteiger charge is -2.09. The van der Waals surface area contributed by atoms with Crippen LogP contribution in [0.4, 0.5) is 0 Å². The average Bonchev–Trinajstić information content (AvgIpc) is 2.49. The smallest absolute Gasteiger partial charge is 0.0214 e. The van der Waals surface area contributed by atoms with Crippen LogP contribution in [0, 0.1) is 0 Å². The highest BCUT2D eigenvalue weighted by atomic mass is 35.5. The van der Waals surface area contributed by atoms with Gasteiger partial charge >= 0.3 is 0 Å². The zero-order valence-electron chi connectivity index (χ0n) is 8.12. The molecule has 1 N–H and O–H groups in total. The molecule has 0 fully saturated rings. The van der Waals surface area contributed by atoms with Gasteiger partial charge in [-0.25, -0.2) is 0 Å². The summed E-state index contributed by atoms with van der Waals surface area (Å²) in [6.45, 7) is 3.16. The zero-order valence-corrected chi connectivity index (χ0v) is 9.75. The van der Waals surface area contributed by atoms with E-state index in [1.807, 2.05) is 0 Å². The monoisotopic (exact) mass is 220 g/mol. The van der Waals surface area contributed by atoms with Crippen LogP contribution in [0.1, 0.15) is 5.56 Å². The molecule has 0 atom stereocenters. The summed E-state index contributed by atoms with van der Waals surface area (Å²) in [7, 11) is 4.18. The molecule has 76 valence electrons. The summed E-state index contributed by atoms with van der Waals surface area (Å²) in [4.78, 5) is 2.18. The maximum atomic E-state index is 3.38. The number of hydrogen-bond acceptors (Lipinski definition) is 3. The fourth-order valence-electron chi connectivity index (χ4n) is 0.929. The first-order valence-corrected chi connectivity index (χ1v) is 5.10. The lowest BCUT2D eigenvalue weighted by atomic mass is 10.3. The van der Waals surface area contributed by atoms with Gasteiger partial charge in [-0.15, -0.1) is 12.4 Å². The lowest BCUT2D eigenvalue weighted by Crippen LogP contribution is -2.25. The number of halogens is 1. The molecule has 0 amide bonds. The molecule has 0 aliphatic carbocycles. The lowest BCUT2D eigenvalue weighted by molar-refractivity contribution is 0.400. The van der Waals surface area contributed by atoms with Crippen LogP contribution in [0.5, 0.6) is 0 Å². The zero-order chi connectivity index (χ0) is 8.81. The van der Waals surface area contributed by atoms with Crippen LogP contribution >= 0.6 is 23.7 Å². The minimum atomic E-state index is 0. The summed E-state index contributed by atoms with van der Waals surface area (Å²) in [5, 5.41) is 7.68. The molecule has 0 saturated heterocycles. The van der Waals surface area contributed by atoms with E-state index in [-0.39, 0.29) is 12.4 Å². The average molecular weight is 221 g/mol. The Labute approximate surface area is 90.4 Å². The molecule has 0 aliphatic rings. The normalized spacial score (nSPS) is 10.1. The molecule has 13 heavy (non-hydrogen) atoms. The van der Waals surface area contributed by atoms with Crippen LogP contribution in [-0.4, -0.2) is 32.1 Å². The van der Waals surface area contributed by atoms with Crippen LogP contribution in [0.3, 0.4) is 0 Å². The Morgan fingerprint density at radius 2 is 2.23 bits per heavy atom. The largest absolute Gasteiger partial charge is 0.311 e. The third-order valence-electron chi connectivity index (χ3n) is 1.65. The van der Waals surface area contributed by atoms with E-state index in [1.54, 1.807) is 11.3 Å². The Morgan fingerprint density at radius 1 is 1.46 bits per heavy atom. The Bertz CT molecular complexity index is 199. The van der Waals surface area contributed by atoms with Crippen LogP contribution in [0.15, 0.2) is 16.8 Å². The van der Waals surface area contributed by atoms with Crippen molar-refractivity contribution >= 4 is 23.7 Å². The van der Waals surface area contributed by atoms with Crippen molar-refractivity contribution in [1.82, 2.24) is 10.2 Å². The van der Waals surface area contributed by atoms with E-state index in [1.165, 1.54) is 5.56 Å². The van der Waals surface area contributed by atoms with Gasteiger partial charge in [0.15, 0.2) is 0 Å². The van der Waals surface area contributed by atoms with E-state index in [0.29, 0.717) is 0 Å². The van der Waals surface area contributed by atoms with Crippen molar-refractivity contribution in [3.63, 3.8) is 0 Å². The minimum Gasteiger partial charge on any atom is -0.311 e. The summed E-state index contributed by atoms with van der Waals surface area (Å²) in [5.74, 6) is 0. The molecule has 0 aliphatic heterocycles. The van der Waals surface area contributed by atoms with Gasteiger partial charge in [0.25, 0.3) is 0 Å². The van der Waals surface area contributed by atoms with Crippen molar-refractivity contribution in [3.05, 3.63) is 22.4 Å². The van der Waals surface area contributed by atoms with Gasteiger partial charge in [-0.1, -0.05) is 0 Å². The maximum absolute atomic E-state index is 3.38. The first kappa shape index (κ1) is 12.9. The van der Waals surface area contributed by atoms with Crippen molar-refractivity contribution in [2.45, 2.75) is 6.54 Å². The van der Waals surface area contributed by atoms with Crippen molar-refractivity contribution in [2.75, 3.05) is 27.2 Å². The number of nitrogens with one attached hydrogen (secondary N) is 1. The molecule has 0 radical (unpaired) electrons. The topological polar surface area (TPSA) is 15.3 Å². The molecule has 0 saturated carbocycles. The third kappa shape index (κ3) is 6.05. The van der Waals surface area contributed by atoms with Crippen LogP contribution in [0.25, 0.3) is 0 Å². The summed E-state index contributed by atoms with van der Waals surface area (Å²) in [5.41, 5.74) is 1.39. The molecule has 0 aromatic carbocycles. The first-order chi connectivity index (χ1) is 5.79. The third-order valence-corrected chi connectivity index (χ3v) is 2.38. The highest BCUT2D eigenvalue weighted by molar-refractivity contribution is 7.07. The fraction of sp³-hybridized carbons (Fsp3) is 0.556. The minimum absolute atomic E-state index is 0. The molecule has 0 bridgehead atoms. The summed E-state index contributed by atoms with van der Waals surface area (Å²) < 4.78 is 0. The molecule has 2 nitrogen and oxygen atoms in total. The van der Waals surface area contributed by atoms with Gasteiger partial charge in [-0.2, -0.15) is 11.3 Å². The van der Waals surface area contributed by atoms with E-state index < -0.39 is 0 Å². The SMILES string of the molecule is CN(C)CCNCc1ccsc1.Cl. The molecule has 4 heteroatoms. The Kier molecular flexibility index (Phi) is 7.28. The highest BCUT2D eigenvalue weighted by Gasteiger charge is 1.92. The van der Waals surface area contributed by atoms with Crippen LogP contribution in [-0.2, 0) is 6.54 Å². The van der Waals surface area contributed by atoms with Gasteiger partial charge in [0.1, 0.15) is 0 Å². The van der Waals surface area contributed by atoms with Gasteiger partial charge in [0.05, 0.1) is 0 Å². The van der Waals surface area contributed by atoms with Crippen molar-refractivity contribution < 1.29 is 0 Å². The number of rotatable bonds is 5. The quantitative estimate of drug-likeness (QED) is 0.762. The van der Waals surface area contributed by atoms with Gasteiger partial charge in [0.2, 0.25) is 0 Å². The molecule has 0 unspecified atom stereocenters. The van der Waals surface area contributed by atoms with Crippen LogP contribution < -0.4 is 5.32 Å². The van der Waals surface area contributed by atoms with E-state index >= 15 is 0 Å². The molecular formula is C9H17ClN2S. The molecule has 1 aromatic rings. The molecule has 1 aromatic heterocycles. The molecular weight excluding hydrogens is 204 g/mol. The Hall–Kier alpha value is -0.0900. The number of hydrogen-bond donors (Lipinski definition) is 1. The van der Waals surface area contributed by atoms with E-state index in [2.05, 4.69) is 41.1 Å². The fourth-order valence-corrected chi connectivity index (χ4v) is 1.60. The van der Waals surface area contributed by atoms with E-state index in [4.69, 9.17) is 0 Å². The van der Waals surface area contributed by atoms with Gasteiger partial charge in [0, 0.05) is 19.6 Å². The Balaban J connectivity index is 0.00000144. The van der Waals surface area contributed by atoms with Crippen molar-refractivity contribution in [2.24, 2.45) is 0 Å². The standard InChI is InChI=1S/C9H16N2S.ClH/c1-11(2)5-4-10-7-9-3-6-12-8-9;/h3,6,8,10H,4-5,7H2,1-2H3;1H. The van der Waals surface area contributed by atoms with Gasteiger partial charge < -0.3 is 10.2 Å². The van der Waals surface area contributed by atoms with Crippen LogP contribution in [0.2, 0.25) is 0 Å². The predicted molar refractivity (Wildman–Crippen MR) is 61.8 cm³/mol. The second kappa shape index (κ2) is 7.33. The molecule has 0 spiro atoms. The number of thiophene rings is 1. The summed E-state index contributed by atoms with van der Waals surface area (Å²) >= 11 is 1.75. The van der Waals surface area contributed by atoms with E-state index in [9.17, 15) is 0 Å². The first-order valence-electron chi connectivity index (χ1n) is 4.15. The Morgan fingerprint density at radius 3 is 2.77 bits per heavy atom.